The SMILES string of the molecule is FC(F)(F)c1cc(P)cc(C(F)(F)F)c1. The molecular formula is C8H5F6P. The van der Waals surface area contributed by atoms with Crippen LogP contribution in [0.1, 0.15) is 11.1 Å². The summed E-state index contributed by atoms with van der Waals surface area (Å²) in [6.45, 7) is 0. The maximum absolute atomic E-state index is 12.2. The predicted molar refractivity (Wildman–Crippen MR) is 45.8 cm³/mol. The molecule has 1 aromatic rings. The minimum absolute atomic E-state index is 0.0908. The van der Waals surface area contributed by atoms with Crippen molar-refractivity contribution in [1.82, 2.24) is 0 Å². The van der Waals surface area contributed by atoms with Crippen LogP contribution in [-0.4, -0.2) is 0 Å². The van der Waals surface area contributed by atoms with E-state index in [1.165, 1.54) is 0 Å². The number of benzene rings is 1. The minimum Gasteiger partial charge on any atom is -0.166 e. The van der Waals surface area contributed by atoms with Crippen LogP contribution in [-0.2, 0) is 12.4 Å². The van der Waals surface area contributed by atoms with Gasteiger partial charge >= 0.3 is 12.4 Å². The van der Waals surface area contributed by atoms with E-state index in [1.807, 2.05) is 9.24 Å². The van der Waals surface area contributed by atoms with E-state index in [9.17, 15) is 26.3 Å². The maximum atomic E-state index is 12.2. The second-order valence-corrected chi connectivity index (χ2v) is 3.51. The molecule has 1 unspecified atom stereocenters. The highest BCUT2D eigenvalue weighted by atomic mass is 31.0. The van der Waals surface area contributed by atoms with Gasteiger partial charge in [-0.15, -0.1) is 9.24 Å². The zero-order valence-corrected chi connectivity index (χ0v) is 8.23. The van der Waals surface area contributed by atoms with E-state index < -0.39 is 23.5 Å². The van der Waals surface area contributed by atoms with E-state index in [-0.39, 0.29) is 11.4 Å². The van der Waals surface area contributed by atoms with Crippen molar-refractivity contribution in [2.45, 2.75) is 12.4 Å². The van der Waals surface area contributed by atoms with E-state index in [0.717, 1.165) is 0 Å². The van der Waals surface area contributed by atoms with E-state index in [4.69, 9.17) is 0 Å². The summed E-state index contributed by atoms with van der Waals surface area (Å²) in [4.78, 5) is 0. The Kier molecular flexibility index (Phi) is 3.01. The van der Waals surface area contributed by atoms with Gasteiger partial charge in [0, 0.05) is 0 Å². The van der Waals surface area contributed by atoms with Crippen molar-refractivity contribution in [3.63, 3.8) is 0 Å². The number of alkyl halides is 6. The summed E-state index contributed by atoms with van der Waals surface area (Å²) in [5.41, 5.74) is -2.61. The molecule has 0 saturated carbocycles. The van der Waals surface area contributed by atoms with Crippen LogP contribution in [0.15, 0.2) is 18.2 Å². The molecule has 0 N–H and O–H groups in total. The molecular weight excluding hydrogens is 241 g/mol. The third kappa shape index (κ3) is 3.09. The lowest BCUT2D eigenvalue weighted by atomic mass is 10.1. The van der Waals surface area contributed by atoms with Gasteiger partial charge in [0.2, 0.25) is 0 Å². The summed E-state index contributed by atoms with van der Waals surface area (Å²) in [6, 6.07) is 1.37. The molecule has 0 aliphatic carbocycles. The average Bonchev–Trinajstić information content (AvgIpc) is 1.99. The molecule has 15 heavy (non-hydrogen) atoms. The van der Waals surface area contributed by atoms with E-state index in [2.05, 4.69) is 0 Å². The van der Waals surface area contributed by atoms with Crippen molar-refractivity contribution < 1.29 is 26.3 Å². The number of rotatable bonds is 0. The lowest BCUT2D eigenvalue weighted by molar-refractivity contribution is -0.142. The lowest BCUT2D eigenvalue weighted by Gasteiger charge is -2.12. The van der Waals surface area contributed by atoms with Crippen molar-refractivity contribution in [2.24, 2.45) is 0 Å². The molecule has 7 heteroatoms. The molecule has 0 aliphatic rings. The highest BCUT2D eigenvalue weighted by Gasteiger charge is 2.36. The first-order valence-electron chi connectivity index (χ1n) is 3.65. The molecule has 1 aromatic carbocycles. The van der Waals surface area contributed by atoms with Crippen LogP contribution in [0, 0.1) is 0 Å². The Bertz CT molecular complexity index is 332. The van der Waals surface area contributed by atoms with E-state index >= 15 is 0 Å². The lowest BCUT2D eigenvalue weighted by Crippen LogP contribution is -2.14. The normalized spacial score (nSPS) is 13.0. The summed E-state index contributed by atoms with van der Waals surface area (Å²) >= 11 is 0. The Morgan fingerprint density at radius 2 is 1.07 bits per heavy atom. The largest absolute Gasteiger partial charge is 0.416 e. The summed E-state index contributed by atoms with van der Waals surface area (Å²) in [5, 5.41) is -0.155. The van der Waals surface area contributed by atoms with Gasteiger partial charge in [-0.05, 0) is 23.5 Å². The van der Waals surface area contributed by atoms with E-state index in [0.29, 0.717) is 12.1 Å². The first kappa shape index (κ1) is 12.3. The van der Waals surface area contributed by atoms with Crippen LogP contribution >= 0.6 is 9.24 Å². The highest BCUT2D eigenvalue weighted by molar-refractivity contribution is 7.27. The fourth-order valence-corrected chi connectivity index (χ4v) is 1.34. The second-order valence-electron chi connectivity index (χ2n) is 2.84. The Hall–Kier alpha value is -0.770. The van der Waals surface area contributed by atoms with E-state index in [1.54, 1.807) is 0 Å². The van der Waals surface area contributed by atoms with Gasteiger partial charge in [-0.1, -0.05) is 0 Å². The van der Waals surface area contributed by atoms with Crippen LogP contribution in [0.25, 0.3) is 0 Å². The third-order valence-corrected chi connectivity index (χ3v) is 1.94. The topological polar surface area (TPSA) is 0 Å². The molecule has 0 spiro atoms. The second kappa shape index (κ2) is 3.67. The Labute approximate surface area is 83.5 Å². The molecule has 1 atom stereocenters. The van der Waals surface area contributed by atoms with Crippen LogP contribution in [0.4, 0.5) is 26.3 Å². The maximum Gasteiger partial charge on any atom is 0.416 e. The van der Waals surface area contributed by atoms with Gasteiger partial charge in [-0.3, -0.25) is 0 Å². The molecule has 0 fully saturated rings. The molecule has 0 saturated heterocycles. The van der Waals surface area contributed by atoms with Gasteiger partial charge in [0.15, 0.2) is 0 Å². The molecule has 0 amide bonds. The van der Waals surface area contributed by atoms with Crippen LogP contribution < -0.4 is 5.30 Å². The van der Waals surface area contributed by atoms with Crippen molar-refractivity contribution in [2.75, 3.05) is 0 Å². The Morgan fingerprint density at radius 1 is 0.733 bits per heavy atom. The zero-order chi connectivity index (χ0) is 11.9. The minimum atomic E-state index is -4.77. The standard InChI is InChI=1S/C8H5F6P/c9-7(10,11)4-1-5(8(12,13)14)3-6(15)2-4/h1-3H,15H2. The van der Waals surface area contributed by atoms with Gasteiger partial charge in [0.1, 0.15) is 0 Å². The smallest absolute Gasteiger partial charge is 0.166 e. The molecule has 84 valence electrons. The van der Waals surface area contributed by atoms with Crippen molar-refractivity contribution in [3.05, 3.63) is 29.3 Å². The van der Waals surface area contributed by atoms with Crippen LogP contribution in [0.5, 0.6) is 0 Å². The molecule has 0 bridgehead atoms. The van der Waals surface area contributed by atoms with Gasteiger partial charge in [0.25, 0.3) is 0 Å². The van der Waals surface area contributed by atoms with Gasteiger partial charge < -0.3 is 0 Å². The average molecular weight is 246 g/mol. The molecule has 1 rings (SSSR count). The fraction of sp³-hybridized carbons (Fsp3) is 0.250. The first-order valence-corrected chi connectivity index (χ1v) is 4.23. The fourth-order valence-electron chi connectivity index (χ4n) is 0.979. The summed E-state index contributed by atoms with van der Waals surface area (Å²) in [7, 11) is 1.81. The predicted octanol–water partition coefficient (Wildman–Crippen LogP) is 3.22. The molecule has 0 nitrogen and oxygen atoms in total. The van der Waals surface area contributed by atoms with Gasteiger partial charge in [-0.25, -0.2) is 0 Å². The number of hydrogen-bond acceptors (Lipinski definition) is 0. The van der Waals surface area contributed by atoms with Crippen LogP contribution in [0.2, 0.25) is 0 Å². The molecule has 0 heterocycles. The molecule has 0 aliphatic heterocycles. The zero-order valence-electron chi connectivity index (χ0n) is 7.08. The number of halogens is 6. The van der Waals surface area contributed by atoms with Crippen molar-refractivity contribution in [3.8, 4) is 0 Å². The van der Waals surface area contributed by atoms with Crippen LogP contribution in [0.3, 0.4) is 0 Å². The summed E-state index contributed by atoms with van der Waals surface area (Å²) in [6.07, 6.45) is -9.54. The monoisotopic (exact) mass is 246 g/mol. The summed E-state index contributed by atoms with van der Waals surface area (Å²) in [5.74, 6) is 0. The van der Waals surface area contributed by atoms with Crippen molar-refractivity contribution >= 4 is 14.5 Å². The summed E-state index contributed by atoms with van der Waals surface area (Å²) < 4.78 is 73.0. The highest BCUT2D eigenvalue weighted by Crippen LogP contribution is 2.34. The van der Waals surface area contributed by atoms with Gasteiger partial charge in [0.05, 0.1) is 11.1 Å². The van der Waals surface area contributed by atoms with Crippen molar-refractivity contribution in [1.29, 1.82) is 0 Å². The molecule has 0 aromatic heterocycles. The Morgan fingerprint density at radius 3 is 1.33 bits per heavy atom. The number of hydrogen-bond donors (Lipinski definition) is 0. The quantitative estimate of drug-likeness (QED) is 0.487. The Balaban J connectivity index is 3.30. The molecule has 0 radical (unpaired) electrons. The van der Waals surface area contributed by atoms with Gasteiger partial charge in [-0.2, -0.15) is 26.3 Å². The first-order chi connectivity index (χ1) is 6.60. The third-order valence-electron chi connectivity index (χ3n) is 1.61.